The van der Waals surface area contributed by atoms with E-state index < -0.39 is 12.2 Å². The Bertz CT molecular complexity index is 837. The summed E-state index contributed by atoms with van der Waals surface area (Å²) in [5.74, 6) is 0.628. The van der Waals surface area contributed by atoms with Crippen molar-refractivity contribution in [3.63, 3.8) is 0 Å². The third-order valence-corrected chi connectivity index (χ3v) is 6.49. The minimum absolute atomic E-state index is 0.0109. The molecule has 10 heteroatoms. The van der Waals surface area contributed by atoms with Crippen LogP contribution in [-0.2, 0) is 25.4 Å². The van der Waals surface area contributed by atoms with Crippen molar-refractivity contribution in [2.24, 2.45) is 0 Å². The average molecular weight is 477 g/mol. The number of aromatic nitrogens is 1. The van der Waals surface area contributed by atoms with Crippen LogP contribution in [0.25, 0.3) is 0 Å². The first-order valence-electron chi connectivity index (χ1n) is 12.3. The van der Waals surface area contributed by atoms with Gasteiger partial charge in [0.15, 0.2) is 0 Å². The number of morpholine rings is 1. The summed E-state index contributed by atoms with van der Waals surface area (Å²) in [5.41, 5.74) is 1.93. The largest absolute Gasteiger partial charge is 0.472 e. The summed E-state index contributed by atoms with van der Waals surface area (Å²) in [6, 6.07) is 2.20. The molecule has 3 fully saturated rings. The molecule has 2 amide bonds. The zero-order valence-corrected chi connectivity index (χ0v) is 20.1. The van der Waals surface area contributed by atoms with Gasteiger partial charge in [0.05, 0.1) is 33.0 Å². The fraction of sp³-hybridized carbons (Fsp3) is 0.708. The Morgan fingerprint density at radius 1 is 1.32 bits per heavy atom. The number of rotatable bonds is 10. The number of nitrogens with zero attached hydrogens (tertiary/aromatic N) is 2. The number of hydrogen-bond donors (Lipinski definition) is 2. The number of aryl methyl sites for hydroxylation is 1. The number of amides is 2. The van der Waals surface area contributed by atoms with Crippen LogP contribution in [0.15, 0.2) is 12.3 Å². The molecule has 0 radical (unpaired) electrons. The number of ether oxygens (including phenoxy) is 4. The molecule has 3 atom stereocenters. The Morgan fingerprint density at radius 3 is 2.85 bits per heavy atom. The molecule has 3 heterocycles. The first-order valence-corrected chi connectivity index (χ1v) is 12.3. The monoisotopic (exact) mass is 476 g/mol. The highest BCUT2D eigenvalue weighted by atomic mass is 16.6. The maximum Gasteiger partial charge on any atom is 0.406 e. The lowest BCUT2D eigenvalue weighted by molar-refractivity contribution is -0.148. The summed E-state index contributed by atoms with van der Waals surface area (Å²) in [6.07, 6.45) is 5.15. The number of alkyl carbamates (subject to hydrolysis) is 1. The molecule has 1 aromatic heterocycles. The van der Waals surface area contributed by atoms with E-state index in [1.807, 2.05) is 11.1 Å². The quantitative estimate of drug-likeness (QED) is 0.490. The van der Waals surface area contributed by atoms with E-state index in [-0.39, 0.29) is 24.1 Å². The normalized spacial score (nSPS) is 23.2. The first-order chi connectivity index (χ1) is 16.6. The number of carbonyl (C=O) groups excluding carboxylic acids is 2. The van der Waals surface area contributed by atoms with Crippen LogP contribution in [0.1, 0.15) is 49.8 Å². The maximum atomic E-state index is 13.3. The number of carbonyl (C=O) groups is 2. The summed E-state index contributed by atoms with van der Waals surface area (Å²) in [7, 11) is 1.35. The highest BCUT2D eigenvalue weighted by Gasteiger charge is 2.40. The summed E-state index contributed by atoms with van der Waals surface area (Å²) in [5, 5.41) is 5.96. The van der Waals surface area contributed by atoms with Gasteiger partial charge in [-0.15, -0.1) is 0 Å². The summed E-state index contributed by atoms with van der Waals surface area (Å²) in [6.45, 7) is 5.65. The van der Waals surface area contributed by atoms with Crippen molar-refractivity contribution in [2.45, 2.75) is 63.3 Å². The topological polar surface area (TPSA) is 111 Å². The predicted molar refractivity (Wildman–Crippen MR) is 124 cm³/mol. The Balaban J connectivity index is 1.49. The molecule has 188 valence electrons. The highest BCUT2D eigenvalue weighted by molar-refractivity contribution is 5.82. The molecule has 0 unspecified atom stereocenters. The van der Waals surface area contributed by atoms with Crippen molar-refractivity contribution in [1.29, 1.82) is 0 Å². The van der Waals surface area contributed by atoms with E-state index in [4.69, 9.17) is 14.2 Å². The van der Waals surface area contributed by atoms with Crippen molar-refractivity contribution in [3.8, 4) is 5.88 Å². The summed E-state index contributed by atoms with van der Waals surface area (Å²) in [4.78, 5) is 31.3. The van der Waals surface area contributed by atoms with Crippen molar-refractivity contribution < 1.29 is 28.5 Å². The SMILES string of the molecule is COC(=O)NCCCc1cc([C@@H](C)N(C(=O)[C@H]2CNCCO2)C2CC2)cnc1O[C@H]1CCOC1. The number of methoxy groups -OCH3 is 1. The van der Waals surface area contributed by atoms with Crippen LogP contribution in [-0.4, -0.2) is 86.7 Å². The third-order valence-electron chi connectivity index (χ3n) is 6.49. The second kappa shape index (κ2) is 11.8. The molecule has 4 rings (SSSR count). The van der Waals surface area contributed by atoms with Gasteiger partial charge < -0.3 is 34.5 Å². The van der Waals surface area contributed by atoms with Gasteiger partial charge in [0, 0.05) is 43.9 Å². The standard InChI is InChI=1S/C24H36N4O6/c1-16(28(19-5-6-19)23(29)21-14-25-9-11-33-21)18-12-17(4-3-8-26-24(30)31-2)22(27-13-18)34-20-7-10-32-15-20/h12-13,16,19-21,25H,3-11,14-15H2,1-2H3,(H,26,30)/t16-,20+,21-/m1/s1. The van der Waals surface area contributed by atoms with E-state index in [9.17, 15) is 9.59 Å². The Morgan fingerprint density at radius 2 is 2.18 bits per heavy atom. The third kappa shape index (κ3) is 6.37. The lowest BCUT2D eigenvalue weighted by Gasteiger charge is -2.34. The van der Waals surface area contributed by atoms with Gasteiger partial charge in [0.2, 0.25) is 5.88 Å². The van der Waals surface area contributed by atoms with Crippen LogP contribution < -0.4 is 15.4 Å². The molecule has 2 aliphatic heterocycles. The molecule has 1 aromatic rings. The van der Waals surface area contributed by atoms with Crippen LogP contribution >= 0.6 is 0 Å². The van der Waals surface area contributed by atoms with E-state index in [0.29, 0.717) is 51.6 Å². The van der Waals surface area contributed by atoms with Crippen molar-refractivity contribution in [3.05, 3.63) is 23.4 Å². The van der Waals surface area contributed by atoms with E-state index in [0.717, 1.165) is 36.9 Å². The van der Waals surface area contributed by atoms with Gasteiger partial charge in [0.1, 0.15) is 12.2 Å². The van der Waals surface area contributed by atoms with Gasteiger partial charge in [0.25, 0.3) is 5.91 Å². The van der Waals surface area contributed by atoms with E-state index >= 15 is 0 Å². The highest BCUT2D eigenvalue weighted by Crippen LogP contribution is 2.36. The van der Waals surface area contributed by atoms with E-state index in [1.165, 1.54) is 7.11 Å². The molecule has 10 nitrogen and oxygen atoms in total. The zero-order chi connectivity index (χ0) is 23.9. The van der Waals surface area contributed by atoms with Crippen molar-refractivity contribution >= 4 is 12.0 Å². The number of pyridine rings is 1. The molecule has 2 saturated heterocycles. The Labute approximate surface area is 200 Å². The molecular weight excluding hydrogens is 440 g/mol. The van der Waals surface area contributed by atoms with Gasteiger partial charge in [-0.25, -0.2) is 9.78 Å². The molecule has 0 aromatic carbocycles. The number of nitrogens with one attached hydrogen (secondary N) is 2. The first kappa shape index (κ1) is 24.7. The molecule has 0 spiro atoms. The van der Waals surface area contributed by atoms with Gasteiger partial charge >= 0.3 is 6.09 Å². The minimum atomic E-state index is -0.446. The van der Waals surface area contributed by atoms with Gasteiger partial charge in [-0.05, 0) is 44.2 Å². The van der Waals surface area contributed by atoms with Crippen LogP contribution in [0.2, 0.25) is 0 Å². The molecule has 2 N–H and O–H groups in total. The fourth-order valence-electron chi connectivity index (χ4n) is 4.43. The minimum Gasteiger partial charge on any atom is -0.472 e. The van der Waals surface area contributed by atoms with Gasteiger partial charge in [-0.3, -0.25) is 4.79 Å². The molecule has 34 heavy (non-hydrogen) atoms. The zero-order valence-electron chi connectivity index (χ0n) is 20.1. The van der Waals surface area contributed by atoms with Gasteiger partial charge in [-0.2, -0.15) is 0 Å². The summed E-state index contributed by atoms with van der Waals surface area (Å²) >= 11 is 0. The van der Waals surface area contributed by atoms with E-state index in [2.05, 4.69) is 33.3 Å². The van der Waals surface area contributed by atoms with Crippen molar-refractivity contribution in [1.82, 2.24) is 20.5 Å². The average Bonchev–Trinajstić information content (AvgIpc) is 3.57. The molecule has 1 aliphatic carbocycles. The molecule has 1 saturated carbocycles. The van der Waals surface area contributed by atoms with Crippen LogP contribution in [0.3, 0.4) is 0 Å². The Kier molecular flexibility index (Phi) is 8.58. The maximum absolute atomic E-state index is 13.3. The lowest BCUT2D eigenvalue weighted by atomic mass is 10.0. The second-order valence-electron chi connectivity index (χ2n) is 9.07. The van der Waals surface area contributed by atoms with E-state index in [1.54, 1.807) is 0 Å². The smallest absolute Gasteiger partial charge is 0.406 e. The summed E-state index contributed by atoms with van der Waals surface area (Å²) < 4.78 is 22.0. The van der Waals surface area contributed by atoms with Crippen LogP contribution in [0, 0.1) is 0 Å². The predicted octanol–water partition coefficient (Wildman–Crippen LogP) is 1.58. The molecular formula is C24H36N4O6. The lowest BCUT2D eigenvalue weighted by Crippen LogP contribution is -2.50. The second-order valence-corrected chi connectivity index (χ2v) is 9.07. The fourth-order valence-corrected chi connectivity index (χ4v) is 4.43. The van der Waals surface area contributed by atoms with Crippen LogP contribution in [0.4, 0.5) is 4.79 Å². The number of hydrogen-bond acceptors (Lipinski definition) is 8. The van der Waals surface area contributed by atoms with Crippen LogP contribution in [0.5, 0.6) is 5.88 Å². The Hall–Kier alpha value is -2.43. The molecule has 3 aliphatic rings. The van der Waals surface area contributed by atoms with Crippen molar-refractivity contribution in [2.75, 3.05) is 46.6 Å². The van der Waals surface area contributed by atoms with Gasteiger partial charge in [-0.1, -0.05) is 0 Å². The molecule has 0 bridgehead atoms.